The van der Waals surface area contributed by atoms with Gasteiger partial charge in [0.1, 0.15) is 10.6 Å². The maximum atomic E-state index is 12.8. The topological polar surface area (TPSA) is 72.6 Å². The molecule has 0 saturated carbocycles. The summed E-state index contributed by atoms with van der Waals surface area (Å²) in [5.74, 6) is 0.239. The van der Waals surface area contributed by atoms with Crippen LogP contribution in [-0.4, -0.2) is 31.9 Å². The lowest BCUT2D eigenvalue weighted by Crippen LogP contribution is -2.45. The number of nitrogens with zero attached hydrogens (tertiary/aromatic N) is 1. The van der Waals surface area contributed by atoms with Gasteiger partial charge in [0.25, 0.3) is 0 Å². The molecule has 1 aromatic rings. The second kappa shape index (κ2) is 5.85. The van der Waals surface area contributed by atoms with Gasteiger partial charge in [0.15, 0.2) is 0 Å². The fourth-order valence-electron chi connectivity index (χ4n) is 1.87. The highest BCUT2D eigenvalue weighted by molar-refractivity contribution is 7.89. The normalized spacial score (nSPS) is 12.4. The number of ether oxygens (including phenoxy) is 1. The number of sulfonamides is 1. The van der Waals surface area contributed by atoms with Crippen molar-refractivity contribution in [1.82, 2.24) is 4.31 Å². The summed E-state index contributed by atoms with van der Waals surface area (Å²) in [6.45, 7) is 9.34. The standard InChI is InChI=1S/C14H22N2O3S/c1-6-9-16(14(2,3)4)20(17,18)13-8-7-11(15)10-12(13)19-5/h6-8,10H,1,9,15H2,2-5H3. The molecule has 0 atom stereocenters. The molecule has 1 rings (SSSR count). The largest absolute Gasteiger partial charge is 0.495 e. The van der Waals surface area contributed by atoms with E-state index in [-0.39, 0.29) is 17.2 Å². The van der Waals surface area contributed by atoms with Crippen molar-refractivity contribution >= 4 is 15.7 Å². The highest BCUT2D eigenvalue weighted by Crippen LogP contribution is 2.31. The molecule has 2 N–H and O–H groups in total. The number of anilines is 1. The van der Waals surface area contributed by atoms with Gasteiger partial charge >= 0.3 is 0 Å². The molecule has 20 heavy (non-hydrogen) atoms. The molecule has 0 amide bonds. The van der Waals surface area contributed by atoms with Gasteiger partial charge in [0.2, 0.25) is 10.0 Å². The Morgan fingerprint density at radius 1 is 1.40 bits per heavy atom. The van der Waals surface area contributed by atoms with E-state index >= 15 is 0 Å². The van der Waals surface area contributed by atoms with Crippen molar-refractivity contribution in [2.24, 2.45) is 0 Å². The highest BCUT2D eigenvalue weighted by atomic mass is 32.2. The number of benzene rings is 1. The van der Waals surface area contributed by atoms with Gasteiger partial charge in [0, 0.05) is 23.8 Å². The van der Waals surface area contributed by atoms with Crippen LogP contribution in [0, 0.1) is 0 Å². The highest BCUT2D eigenvalue weighted by Gasteiger charge is 2.34. The van der Waals surface area contributed by atoms with E-state index in [1.165, 1.54) is 23.5 Å². The number of rotatable bonds is 5. The van der Waals surface area contributed by atoms with E-state index < -0.39 is 15.6 Å². The third-order valence-corrected chi connectivity index (χ3v) is 4.97. The van der Waals surface area contributed by atoms with E-state index in [4.69, 9.17) is 10.5 Å². The summed E-state index contributed by atoms with van der Waals surface area (Å²) < 4.78 is 32.2. The molecule has 0 heterocycles. The lowest BCUT2D eigenvalue weighted by atomic mass is 10.1. The number of methoxy groups -OCH3 is 1. The van der Waals surface area contributed by atoms with Crippen LogP contribution in [-0.2, 0) is 10.0 Å². The Balaban J connectivity index is 3.44. The van der Waals surface area contributed by atoms with Crippen molar-refractivity contribution in [1.29, 1.82) is 0 Å². The molecule has 1 aromatic carbocycles. The second-order valence-electron chi connectivity index (χ2n) is 5.41. The maximum Gasteiger partial charge on any atom is 0.247 e. The summed E-state index contributed by atoms with van der Waals surface area (Å²) in [6.07, 6.45) is 1.56. The third-order valence-electron chi connectivity index (χ3n) is 2.80. The Morgan fingerprint density at radius 2 is 2.00 bits per heavy atom. The predicted molar refractivity (Wildman–Crippen MR) is 81.2 cm³/mol. The minimum atomic E-state index is -3.70. The van der Waals surface area contributed by atoms with E-state index in [2.05, 4.69) is 6.58 Å². The van der Waals surface area contributed by atoms with Gasteiger partial charge in [-0.25, -0.2) is 8.42 Å². The molecule has 0 aromatic heterocycles. The van der Waals surface area contributed by atoms with Gasteiger partial charge in [-0.2, -0.15) is 4.31 Å². The lowest BCUT2D eigenvalue weighted by molar-refractivity contribution is 0.268. The van der Waals surface area contributed by atoms with Crippen LogP contribution in [0.25, 0.3) is 0 Å². The first-order valence-corrected chi connectivity index (χ1v) is 7.66. The van der Waals surface area contributed by atoms with Crippen LogP contribution < -0.4 is 10.5 Å². The van der Waals surface area contributed by atoms with Gasteiger partial charge in [-0.15, -0.1) is 6.58 Å². The smallest absolute Gasteiger partial charge is 0.247 e. The van der Waals surface area contributed by atoms with Crippen LogP contribution in [0.4, 0.5) is 5.69 Å². The van der Waals surface area contributed by atoms with E-state index in [0.717, 1.165) is 0 Å². The molecular weight excluding hydrogens is 276 g/mol. The zero-order valence-electron chi connectivity index (χ0n) is 12.4. The quantitative estimate of drug-likeness (QED) is 0.668. The maximum absolute atomic E-state index is 12.8. The van der Waals surface area contributed by atoms with Crippen molar-refractivity contribution in [3.05, 3.63) is 30.9 Å². The minimum Gasteiger partial charge on any atom is -0.495 e. The van der Waals surface area contributed by atoms with Gasteiger partial charge < -0.3 is 10.5 Å². The number of hydrogen-bond acceptors (Lipinski definition) is 4. The Morgan fingerprint density at radius 3 is 2.45 bits per heavy atom. The van der Waals surface area contributed by atoms with Crippen LogP contribution in [0.5, 0.6) is 5.75 Å². The molecule has 112 valence electrons. The van der Waals surface area contributed by atoms with Crippen molar-refractivity contribution < 1.29 is 13.2 Å². The molecule has 0 bridgehead atoms. The van der Waals surface area contributed by atoms with Gasteiger partial charge in [-0.3, -0.25) is 0 Å². The van der Waals surface area contributed by atoms with Crippen LogP contribution >= 0.6 is 0 Å². The van der Waals surface area contributed by atoms with Crippen LogP contribution in [0.2, 0.25) is 0 Å². The average molecular weight is 298 g/mol. The van der Waals surface area contributed by atoms with E-state index in [1.54, 1.807) is 12.1 Å². The molecule has 0 aliphatic heterocycles. The monoisotopic (exact) mass is 298 g/mol. The lowest BCUT2D eigenvalue weighted by Gasteiger charge is -2.34. The molecule has 0 radical (unpaired) electrons. The number of nitrogens with two attached hydrogens (primary N) is 1. The fraction of sp³-hybridized carbons (Fsp3) is 0.429. The fourth-order valence-corrected chi connectivity index (χ4v) is 3.76. The Labute approximate surface area is 121 Å². The molecule has 0 aliphatic rings. The Hall–Kier alpha value is -1.53. The van der Waals surface area contributed by atoms with Gasteiger partial charge in [-0.1, -0.05) is 6.08 Å². The molecule has 6 heteroatoms. The van der Waals surface area contributed by atoms with E-state index in [9.17, 15) is 8.42 Å². The second-order valence-corrected chi connectivity index (χ2v) is 7.24. The average Bonchev–Trinajstić information content (AvgIpc) is 2.33. The Bertz CT molecular complexity index is 589. The Kier molecular flexibility index (Phi) is 4.83. The van der Waals surface area contributed by atoms with Crippen LogP contribution in [0.15, 0.2) is 35.7 Å². The molecule has 0 saturated heterocycles. The van der Waals surface area contributed by atoms with Crippen molar-refractivity contribution in [2.45, 2.75) is 31.2 Å². The molecular formula is C14H22N2O3S. The predicted octanol–water partition coefficient (Wildman–Crippen LogP) is 2.25. The third kappa shape index (κ3) is 3.32. The van der Waals surface area contributed by atoms with Gasteiger partial charge in [-0.05, 0) is 32.9 Å². The van der Waals surface area contributed by atoms with Crippen molar-refractivity contribution in [3.8, 4) is 5.75 Å². The molecule has 5 nitrogen and oxygen atoms in total. The molecule has 0 fully saturated rings. The van der Waals surface area contributed by atoms with Crippen LogP contribution in [0.1, 0.15) is 20.8 Å². The molecule has 0 spiro atoms. The van der Waals surface area contributed by atoms with E-state index in [0.29, 0.717) is 5.69 Å². The summed E-state index contributed by atoms with van der Waals surface area (Å²) in [6, 6.07) is 4.51. The van der Waals surface area contributed by atoms with Gasteiger partial charge in [0.05, 0.1) is 7.11 Å². The summed E-state index contributed by atoms with van der Waals surface area (Å²) in [7, 11) is -2.28. The first kappa shape index (κ1) is 16.5. The zero-order valence-corrected chi connectivity index (χ0v) is 13.2. The summed E-state index contributed by atoms with van der Waals surface area (Å²) in [5.41, 5.74) is 5.54. The minimum absolute atomic E-state index is 0.103. The first-order valence-electron chi connectivity index (χ1n) is 6.22. The van der Waals surface area contributed by atoms with Crippen LogP contribution in [0.3, 0.4) is 0 Å². The van der Waals surface area contributed by atoms with Crippen molar-refractivity contribution in [3.63, 3.8) is 0 Å². The summed E-state index contributed by atoms with van der Waals surface area (Å²) in [5, 5.41) is 0. The summed E-state index contributed by atoms with van der Waals surface area (Å²) in [4.78, 5) is 0.103. The zero-order chi connectivity index (χ0) is 15.6. The number of nitrogen functional groups attached to an aromatic ring is 1. The van der Waals surface area contributed by atoms with Crippen molar-refractivity contribution in [2.75, 3.05) is 19.4 Å². The first-order chi connectivity index (χ1) is 9.14. The SMILES string of the molecule is C=CCN(C(C)(C)C)S(=O)(=O)c1ccc(N)cc1OC. The molecule has 0 unspecified atom stereocenters. The number of hydrogen-bond donors (Lipinski definition) is 1. The molecule has 0 aliphatic carbocycles. The van der Waals surface area contributed by atoms with E-state index in [1.807, 2.05) is 20.8 Å². The summed E-state index contributed by atoms with van der Waals surface area (Å²) >= 11 is 0.